The lowest BCUT2D eigenvalue weighted by Crippen LogP contribution is -2.16. The van der Waals surface area contributed by atoms with Gasteiger partial charge < -0.3 is 9.73 Å². The number of carbonyl (C=O) groups excluding carboxylic acids is 1. The molecule has 2 aromatic carbocycles. The van der Waals surface area contributed by atoms with Crippen LogP contribution in [0.2, 0.25) is 5.02 Å². The molecule has 6 nitrogen and oxygen atoms in total. The lowest BCUT2D eigenvalue weighted by atomic mass is 10.2. The number of rotatable bonds is 6. The van der Waals surface area contributed by atoms with Gasteiger partial charge >= 0.3 is 0 Å². The highest BCUT2D eigenvalue weighted by Crippen LogP contribution is 2.19. The number of nitrogens with one attached hydrogen (secondary N) is 1. The average Bonchev–Trinajstić information content (AvgIpc) is 3.28. The van der Waals surface area contributed by atoms with Crippen molar-refractivity contribution in [1.82, 2.24) is 14.8 Å². The fraction of sp³-hybridized carbons (Fsp3) is 0.150. The van der Waals surface area contributed by atoms with Gasteiger partial charge in [0, 0.05) is 23.9 Å². The van der Waals surface area contributed by atoms with Crippen molar-refractivity contribution < 1.29 is 9.21 Å². The van der Waals surface area contributed by atoms with Crippen LogP contribution in [0.4, 0.5) is 5.82 Å². The Balaban J connectivity index is 1.38. The maximum Gasteiger partial charge on any atom is 0.226 e. The zero-order valence-electron chi connectivity index (χ0n) is 14.4. The van der Waals surface area contributed by atoms with Gasteiger partial charge in [-0.25, -0.2) is 9.67 Å². The number of aromatic nitrogens is 3. The molecule has 0 radical (unpaired) electrons. The molecule has 1 amide bonds. The molecule has 0 aliphatic heterocycles. The van der Waals surface area contributed by atoms with Crippen LogP contribution in [0.15, 0.2) is 65.2 Å². The Hall–Kier alpha value is -3.12. The van der Waals surface area contributed by atoms with Crippen molar-refractivity contribution in [3.05, 3.63) is 77.3 Å². The molecule has 0 unspecified atom stereocenters. The van der Waals surface area contributed by atoms with Crippen LogP contribution in [0.1, 0.15) is 17.9 Å². The van der Waals surface area contributed by atoms with E-state index in [0.29, 0.717) is 29.7 Å². The molecule has 27 heavy (non-hydrogen) atoms. The number of benzene rings is 2. The fourth-order valence-corrected chi connectivity index (χ4v) is 3.00. The number of oxazole rings is 1. The van der Waals surface area contributed by atoms with E-state index in [4.69, 9.17) is 16.0 Å². The molecule has 2 aromatic heterocycles. The minimum absolute atomic E-state index is 0.127. The molecule has 2 heterocycles. The van der Waals surface area contributed by atoms with Crippen molar-refractivity contribution in [2.75, 3.05) is 5.32 Å². The van der Waals surface area contributed by atoms with E-state index < -0.39 is 0 Å². The smallest absolute Gasteiger partial charge is 0.226 e. The number of aryl methyl sites for hydroxylation is 1. The lowest BCUT2D eigenvalue weighted by Gasteiger charge is -2.10. The van der Waals surface area contributed by atoms with Crippen molar-refractivity contribution in [2.45, 2.75) is 19.4 Å². The standard InChI is InChI=1S/C20H17ClN4O2/c21-15-6-2-1-5-14(15)13-25-18(11-12-22-25)24-19(26)9-10-20-23-16-7-3-4-8-17(16)27-20/h1-8,11-12H,9-10,13H2,(H,24,26). The van der Waals surface area contributed by atoms with Crippen LogP contribution in [0.3, 0.4) is 0 Å². The highest BCUT2D eigenvalue weighted by atomic mass is 35.5. The van der Waals surface area contributed by atoms with E-state index in [9.17, 15) is 4.79 Å². The first-order chi connectivity index (χ1) is 13.2. The second kappa shape index (κ2) is 7.63. The Kier molecular flexibility index (Phi) is 4.89. The molecule has 0 spiro atoms. The van der Waals surface area contributed by atoms with Gasteiger partial charge in [-0.05, 0) is 23.8 Å². The van der Waals surface area contributed by atoms with E-state index in [1.54, 1.807) is 16.9 Å². The lowest BCUT2D eigenvalue weighted by molar-refractivity contribution is -0.116. The third kappa shape index (κ3) is 4.01. The van der Waals surface area contributed by atoms with Crippen molar-refractivity contribution in [3.8, 4) is 0 Å². The maximum atomic E-state index is 12.3. The van der Waals surface area contributed by atoms with Crippen LogP contribution in [0, 0.1) is 0 Å². The average molecular weight is 381 g/mol. The number of carbonyl (C=O) groups is 1. The van der Waals surface area contributed by atoms with Gasteiger partial charge in [-0.3, -0.25) is 4.79 Å². The summed E-state index contributed by atoms with van der Waals surface area (Å²) in [6.45, 7) is 0.480. The number of para-hydroxylation sites is 2. The van der Waals surface area contributed by atoms with Crippen molar-refractivity contribution >= 4 is 34.4 Å². The van der Waals surface area contributed by atoms with E-state index in [0.717, 1.165) is 16.7 Å². The minimum atomic E-state index is -0.127. The van der Waals surface area contributed by atoms with Crippen LogP contribution in [0.25, 0.3) is 11.1 Å². The first kappa shape index (κ1) is 17.3. The Morgan fingerprint density at radius 1 is 1.11 bits per heavy atom. The number of amides is 1. The monoisotopic (exact) mass is 380 g/mol. The molecular formula is C20H17ClN4O2. The van der Waals surface area contributed by atoms with Gasteiger partial charge in [-0.1, -0.05) is 41.9 Å². The summed E-state index contributed by atoms with van der Waals surface area (Å²) >= 11 is 6.20. The van der Waals surface area contributed by atoms with Crippen LogP contribution in [-0.4, -0.2) is 20.7 Å². The van der Waals surface area contributed by atoms with Gasteiger partial charge in [0.25, 0.3) is 0 Å². The molecule has 0 saturated carbocycles. The second-order valence-electron chi connectivity index (χ2n) is 6.09. The molecule has 4 aromatic rings. The van der Waals surface area contributed by atoms with E-state index in [1.807, 2.05) is 48.5 Å². The van der Waals surface area contributed by atoms with Gasteiger partial charge in [0.1, 0.15) is 11.3 Å². The Morgan fingerprint density at radius 3 is 2.78 bits per heavy atom. The highest BCUT2D eigenvalue weighted by molar-refractivity contribution is 6.31. The number of anilines is 1. The summed E-state index contributed by atoms with van der Waals surface area (Å²) in [6.07, 6.45) is 2.34. The summed E-state index contributed by atoms with van der Waals surface area (Å²) in [7, 11) is 0. The van der Waals surface area contributed by atoms with E-state index in [-0.39, 0.29) is 12.3 Å². The van der Waals surface area contributed by atoms with Crippen LogP contribution < -0.4 is 5.32 Å². The van der Waals surface area contributed by atoms with Gasteiger partial charge in [-0.15, -0.1) is 0 Å². The van der Waals surface area contributed by atoms with Gasteiger partial charge in [0.2, 0.25) is 5.91 Å². The fourth-order valence-electron chi connectivity index (χ4n) is 2.81. The molecule has 0 fully saturated rings. The van der Waals surface area contributed by atoms with E-state index in [2.05, 4.69) is 15.4 Å². The summed E-state index contributed by atoms with van der Waals surface area (Å²) in [4.78, 5) is 16.7. The summed E-state index contributed by atoms with van der Waals surface area (Å²) < 4.78 is 7.35. The number of fused-ring (bicyclic) bond motifs is 1. The van der Waals surface area contributed by atoms with Crippen LogP contribution in [0.5, 0.6) is 0 Å². The largest absolute Gasteiger partial charge is 0.441 e. The molecule has 0 aliphatic carbocycles. The van der Waals surface area contributed by atoms with Crippen molar-refractivity contribution in [3.63, 3.8) is 0 Å². The number of halogens is 1. The quantitative estimate of drug-likeness (QED) is 0.541. The Labute approximate surface area is 160 Å². The number of nitrogens with zero attached hydrogens (tertiary/aromatic N) is 3. The molecule has 4 rings (SSSR count). The SMILES string of the molecule is O=C(CCc1nc2ccccc2o1)Nc1ccnn1Cc1ccccc1Cl. The topological polar surface area (TPSA) is 73.0 Å². The maximum absolute atomic E-state index is 12.3. The Morgan fingerprint density at radius 2 is 1.93 bits per heavy atom. The molecule has 136 valence electrons. The summed E-state index contributed by atoms with van der Waals surface area (Å²) in [5.74, 6) is 1.05. The van der Waals surface area contributed by atoms with Crippen LogP contribution >= 0.6 is 11.6 Å². The minimum Gasteiger partial charge on any atom is -0.441 e. The van der Waals surface area contributed by atoms with Crippen LogP contribution in [-0.2, 0) is 17.8 Å². The third-order valence-corrected chi connectivity index (χ3v) is 4.53. The highest BCUT2D eigenvalue weighted by Gasteiger charge is 2.11. The number of hydrogen-bond acceptors (Lipinski definition) is 4. The zero-order chi connectivity index (χ0) is 18.6. The van der Waals surface area contributed by atoms with Gasteiger partial charge in [-0.2, -0.15) is 5.10 Å². The van der Waals surface area contributed by atoms with Gasteiger partial charge in [0.05, 0.1) is 12.7 Å². The summed E-state index contributed by atoms with van der Waals surface area (Å²) in [5, 5.41) is 7.82. The normalized spacial score (nSPS) is 11.0. The van der Waals surface area contributed by atoms with Crippen molar-refractivity contribution in [1.29, 1.82) is 0 Å². The van der Waals surface area contributed by atoms with Crippen molar-refractivity contribution in [2.24, 2.45) is 0 Å². The second-order valence-corrected chi connectivity index (χ2v) is 6.50. The predicted molar refractivity (Wildman–Crippen MR) is 104 cm³/mol. The predicted octanol–water partition coefficient (Wildman–Crippen LogP) is 4.30. The first-order valence-electron chi connectivity index (χ1n) is 8.58. The molecule has 0 bridgehead atoms. The van der Waals surface area contributed by atoms with E-state index >= 15 is 0 Å². The molecular weight excluding hydrogens is 364 g/mol. The third-order valence-electron chi connectivity index (χ3n) is 4.17. The Bertz CT molecular complexity index is 1050. The molecule has 0 aliphatic rings. The van der Waals surface area contributed by atoms with Gasteiger partial charge in [0.15, 0.2) is 11.5 Å². The first-order valence-corrected chi connectivity index (χ1v) is 8.96. The molecule has 7 heteroatoms. The number of hydrogen-bond donors (Lipinski definition) is 1. The molecule has 0 atom stereocenters. The summed E-state index contributed by atoms with van der Waals surface area (Å²) in [6, 6.07) is 16.9. The summed E-state index contributed by atoms with van der Waals surface area (Å²) in [5.41, 5.74) is 2.46. The zero-order valence-corrected chi connectivity index (χ0v) is 15.2. The molecule has 1 N–H and O–H groups in total. The van der Waals surface area contributed by atoms with E-state index in [1.165, 1.54) is 0 Å². The molecule has 0 saturated heterocycles.